The molecule has 0 bridgehead atoms. The minimum atomic E-state index is -0.997. The third kappa shape index (κ3) is 11.5. The van der Waals surface area contributed by atoms with Gasteiger partial charge in [0.15, 0.2) is 6.23 Å². The number of aromatic nitrogens is 2. The second-order valence-electron chi connectivity index (χ2n) is 9.52. The van der Waals surface area contributed by atoms with E-state index in [-0.39, 0.29) is 68.3 Å². The largest absolute Gasteiger partial charge is 0.382 e. The zero-order chi connectivity index (χ0) is 32.6. The van der Waals surface area contributed by atoms with Crippen LogP contribution in [0.3, 0.4) is 0 Å². The summed E-state index contributed by atoms with van der Waals surface area (Å²) in [5.41, 5.74) is 0.719. The molecule has 1 aliphatic heterocycles. The van der Waals surface area contributed by atoms with Gasteiger partial charge in [0.25, 0.3) is 5.91 Å². The highest BCUT2D eigenvalue weighted by molar-refractivity contribution is 7.95. The Morgan fingerprint density at radius 1 is 1.21 bits per heavy atom. The van der Waals surface area contributed by atoms with Crippen molar-refractivity contribution in [3.63, 3.8) is 0 Å². The molecule has 2 N–H and O–H groups in total. The van der Waals surface area contributed by atoms with Crippen LogP contribution in [0.2, 0.25) is 0 Å². The van der Waals surface area contributed by atoms with Gasteiger partial charge in [-0.3, -0.25) is 19.0 Å². The summed E-state index contributed by atoms with van der Waals surface area (Å²) in [5, 5.41) is 5.10. The topological polar surface area (TPSA) is 156 Å². The minimum absolute atomic E-state index is 0.0489. The number of anilines is 1. The summed E-state index contributed by atoms with van der Waals surface area (Å²) in [4.78, 5) is 52.8. The number of methoxy groups -OCH3 is 1. The van der Waals surface area contributed by atoms with E-state index < -0.39 is 31.7 Å². The minimum Gasteiger partial charge on any atom is -0.382 e. The van der Waals surface area contributed by atoms with Gasteiger partial charge in [0.2, 0.25) is 5.91 Å². The van der Waals surface area contributed by atoms with Crippen LogP contribution in [-0.4, -0.2) is 96.0 Å². The van der Waals surface area contributed by atoms with Gasteiger partial charge in [-0.15, -0.1) is 0 Å². The number of rotatable bonds is 20. The van der Waals surface area contributed by atoms with Crippen LogP contribution in [0.15, 0.2) is 41.3 Å². The molecule has 1 aliphatic rings. The number of amides is 2. The Bertz CT molecular complexity index is 1310. The highest BCUT2D eigenvalue weighted by atomic mass is 32.2. The van der Waals surface area contributed by atoms with Crippen molar-refractivity contribution in [2.24, 2.45) is 0 Å². The molecule has 15 heteroatoms. The first kappa shape index (κ1) is 31.4. The molecule has 0 saturated carbocycles. The molecular formula is C28H39BN4O9S. The summed E-state index contributed by atoms with van der Waals surface area (Å²) in [6.07, 6.45) is 0.842. The van der Waals surface area contributed by atoms with E-state index in [4.69, 9.17) is 25.8 Å². The zero-order valence-electron chi connectivity index (χ0n) is 26.3. The first-order valence-corrected chi connectivity index (χ1v) is 14.8. The number of nitrogens with zero attached hydrogens (tertiary/aromatic N) is 2. The molecule has 43 heavy (non-hydrogen) atoms. The molecule has 0 aliphatic carbocycles. The molecule has 234 valence electrons. The number of nitrogens with one attached hydrogen (secondary N) is 2. The number of Topliss-reactive ketones (excluding diaryl/α,β-unsaturated/α-hetero) is 1. The SMILES string of the molecule is [2H]B([3H])CSOC[C@@H]1CC(OCCOC)[C@H](n2ccc(NC(=O)c3ccc(COCCC(=O)CCC(=O)NC)cc3)nc2=O)O1. The Morgan fingerprint density at radius 2 is 2.02 bits per heavy atom. The summed E-state index contributed by atoms with van der Waals surface area (Å²) in [6, 6.07) is 8.19. The van der Waals surface area contributed by atoms with Crippen molar-refractivity contribution in [3.8, 4) is 0 Å². The van der Waals surface area contributed by atoms with Gasteiger partial charge in [-0.1, -0.05) is 12.1 Å². The lowest BCUT2D eigenvalue weighted by atomic mass is 10.1. The van der Waals surface area contributed by atoms with Gasteiger partial charge in [-0.05, 0) is 44.1 Å². The molecular weight excluding hydrogens is 579 g/mol. The van der Waals surface area contributed by atoms with Crippen molar-refractivity contribution in [2.45, 2.75) is 50.7 Å². The van der Waals surface area contributed by atoms with E-state index >= 15 is 0 Å². The number of carbonyl (C=O) groups excluding carboxylic acids is 3. The van der Waals surface area contributed by atoms with E-state index in [1.54, 1.807) is 31.4 Å². The van der Waals surface area contributed by atoms with Gasteiger partial charge in [0, 0.05) is 51.6 Å². The Kier molecular flexibility index (Phi) is 13.5. The van der Waals surface area contributed by atoms with Crippen molar-refractivity contribution in [1.82, 2.24) is 14.9 Å². The molecule has 1 aromatic heterocycles. The van der Waals surface area contributed by atoms with Crippen LogP contribution >= 0.6 is 12.0 Å². The molecule has 1 fully saturated rings. The monoisotopic (exact) mass is 621 g/mol. The fourth-order valence-electron chi connectivity index (χ4n) is 4.17. The van der Waals surface area contributed by atoms with Gasteiger partial charge in [-0.2, -0.15) is 4.98 Å². The molecule has 13 nitrogen and oxygen atoms in total. The van der Waals surface area contributed by atoms with Crippen molar-refractivity contribution in [3.05, 3.63) is 58.1 Å². The highest BCUT2D eigenvalue weighted by Gasteiger charge is 2.38. The Balaban J connectivity index is 1.51. The fourth-order valence-corrected chi connectivity index (χ4v) is 4.51. The molecule has 1 aromatic carbocycles. The van der Waals surface area contributed by atoms with E-state index in [9.17, 15) is 19.2 Å². The number of benzene rings is 1. The summed E-state index contributed by atoms with van der Waals surface area (Å²) in [5.74, 6) is -0.611. The van der Waals surface area contributed by atoms with Crippen LogP contribution in [0.4, 0.5) is 5.82 Å². The van der Waals surface area contributed by atoms with Crippen molar-refractivity contribution in [2.75, 3.05) is 51.6 Å². The Morgan fingerprint density at radius 3 is 2.74 bits per heavy atom. The number of carbonyl (C=O) groups is 3. The second kappa shape index (κ2) is 18.6. The first-order valence-electron chi connectivity index (χ1n) is 15.0. The molecule has 1 saturated heterocycles. The summed E-state index contributed by atoms with van der Waals surface area (Å²) < 4.78 is 43.8. The van der Waals surface area contributed by atoms with Crippen LogP contribution < -0.4 is 16.3 Å². The predicted octanol–water partition coefficient (Wildman–Crippen LogP) is 1.07. The van der Waals surface area contributed by atoms with E-state index in [0.29, 0.717) is 25.2 Å². The fraction of sp³-hybridized carbons (Fsp3) is 0.536. The number of ether oxygens (including phenoxy) is 4. The average molecular weight is 622 g/mol. The predicted molar refractivity (Wildman–Crippen MR) is 163 cm³/mol. The van der Waals surface area contributed by atoms with E-state index in [2.05, 4.69) is 15.6 Å². The third-order valence-corrected chi connectivity index (χ3v) is 6.87. The molecule has 3 atom stereocenters. The summed E-state index contributed by atoms with van der Waals surface area (Å²) >= 11 is 1.02. The van der Waals surface area contributed by atoms with Crippen LogP contribution in [0.25, 0.3) is 0 Å². The van der Waals surface area contributed by atoms with Crippen LogP contribution in [0, 0.1) is 0 Å². The van der Waals surface area contributed by atoms with Gasteiger partial charge in [0.05, 0.1) is 39.1 Å². The van der Waals surface area contributed by atoms with E-state index in [1.165, 1.54) is 23.9 Å². The normalized spacial score (nSPS) is 18.5. The van der Waals surface area contributed by atoms with Crippen molar-refractivity contribution in [1.29, 1.82) is 2.67 Å². The highest BCUT2D eigenvalue weighted by Crippen LogP contribution is 2.31. The maximum Gasteiger partial charge on any atom is 0.351 e. The van der Waals surface area contributed by atoms with Gasteiger partial charge in [-0.25, -0.2) is 4.79 Å². The quantitative estimate of drug-likeness (QED) is 0.124. The summed E-state index contributed by atoms with van der Waals surface area (Å²) in [7, 11) is 2.09. The average Bonchev–Trinajstić information content (AvgIpc) is 3.42. The molecule has 0 radical (unpaired) electrons. The molecule has 2 aromatic rings. The maximum atomic E-state index is 13.0. The molecule has 0 spiro atoms. The first-order chi connectivity index (χ1) is 21.7. The molecule has 3 rings (SSSR count). The lowest BCUT2D eigenvalue weighted by molar-refractivity contribution is -0.125. The van der Waals surface area contributed by atoms with Crippen molar-refractivity contribution >= 4 is 43.2 Å². The number of hydrogen-bond acceptors (Lipinski definition) is 11. The lowest BCUT2D eigenvalue weighted by Gasteiger charge is -2.21. The van der Waals surface area contributed by atoms with Crippen molar-refractivity contribution < 1.29 is 37.5 Å². The number of ketones is 1. The Labute approximate surface area is 258 Å². The molecule has 2 amide bonds. The zero-order valence-corrected chi connectivity index (χ0v) is 25.1. The third-order valence-electron chi connectivity index (χ3n) is 6.44. The smallest absolute Gasteiger partial charge is 0.351 e. The van der Waals surface area contributed by atoms with Gasteiger partial charge < -0.3 is 33.8 Å². The van der Waals surface area contributed by atoms with E-state index in [0.717, 1.165) is 17.6 Å². The maximum absolute atomic E-state index is 13.0. The number of hydrogen-bond donors (Lipinski definition) is 2. The lowest BCUT2D eigenvalue weighted by Crippen LogP contribution is -2.33. The van der Waals surface area contributed by atoms with Gasteiger partial charge >= 0.3 is 5.69 Å². The van der Waals surface area contributed by atoms with E-state index in [1.807, 2.05) is 0 Å². The van der Waals surface area contributed by atoms with Crippen LogP contribution in [0.1, 0.15) is 47.8 Å². The molecule has 2 heterocycles. The Hall–Kier alpha value is -3.08. The standard InChI is InChI=1S/C28H39BN4O9S/c1-30-25(35)8-7-21(34)10-12-39-16-19-3-5-20(6-4-19)26(36)31-24-9-11-33(28(37)32-24)27-23(40-14-13-38-2)15-22(42-27)17-41-43-18-29/h3-6,9,11,22-23,27H,7-8,10,12-18,29H2,1-2H3,(H,30,35)(H,31,32,36,37)/t22-,23?,27+/m0/s1/i29TD. The van der Waals surface area contributed by atoms with Gasteiger partial charge in [0.1, 0.15) is 25.5 Å². The summed E-state index contributed by atoms with van der Waals surface area (Å²) in [6.45, 7) is 1.34. The second-order valence-corrected chi connectivity index (χ2v) is 10.3. The van der Waals surface area contributed by atoms with Crippen LogP contribution in [0.5, 0.6) is 0 Å². The van der Waals surface area contributed by atoms with Crippen LogP contribution in [-0.2, 0) is 39.3 Å². The molecule has 1 unspecified atom stereocenters.